The molecular weight excluding hydrogens is 204 g/mol. The van der Waals surface area contributed by atoms with E-state index in [1.807, 2.05) is 18.2 Å². The number of hydrogen-bond acceptors (Lipinski definition) is 3. The Morgan fingerprint density at radius 2 is 2.12 bits per heavy atom. The average Bonchev–Trinajstić information content (AvgIpc) is 2.29. The fourth-order valence-corrected chi connectivity index (χ4v) is 1.30. The number of rotatable bonds is 3. The summed E-state index contributed by atoms with van der Waals surface area (Å²) in [4.78, 5) is 10.7. The molecule has 16 heavy (non-hydrogen) atoms. The highest BCUT2D eigenvalue weighted by molar-refractivity contribution is 5.60. The Bertz CT molecular complexity index is 394. The molecule has 0 aliphatic heterocycles. The molecule has 0 saturated heterocycles. The van der Waals surface area contributed by atoms with Crippen LogP contribution in [0.25, 0.3) is 6.08 Å². The quantitative estimate of drug-likeness (QED) is 0.734. The summed E-state index contributed by atoms with van der Waals surface area (Å²) < 4.78 is 9.09. The molecule has 0 bridgehead atoms. The minimum atomic E-state index is -0.661. The molecule has 3 nitrogen and oxygen atoms in total. The first-order chi connectivity index (χ1) is 7.65. The molecule has 1 aromatic rings. The van der Waals surface area contributed by atoms with Gasteiger partial charge in [0.2, 0.25) is 0 Å². The monoisotopic (exact) mass is 220 g/mol. The van der Waals surface area contributed by atoms with Crippen LogP contribution < -0.4 is 0 Å². The van der Waals surface area contributed by atoms with Crippen molar-refractivity contribution in [1.29, 1.82) is 0 Å². The summed E-state index contributed by atoms with van der Waals surface area (Å²) in [6.07, 6.45) is 3.06. The van der Waals surface area contributed by atoms with Crippen molar-refractivity contribution in [2.45, 2.75) is 13.8 Å². The van der Waals surface area contributed by atoms with E-state index in [1.54, 1.807) is 6.08 Å². The fraction of sp³-hybridized carbons (Fsp3) is 0.308. The fourth-order valence-electron chi connectivity index (χ4n) is 1.30. The molecule has 0 aliphatic carbocycles. The second-order valence-corrected chi connectivity index (χ2v) is 3.46. The van der Waals surface area contributed by atoms with Crippen LogP contribution in [0, 0.1) is 13.8 Å². The van der Waals surface area contributed by atoms with Crippen molar-refractivity contribution in [1.82, 2.24) is 0 Å². The number of methoxy groups -OCH3 is 1. The van der Waals surface area contributed by atoms with Crippen LogP contribution in [-0.2, 0) is 9.47 Å². The zero-order valence-corrected chi connectivity index (χ0v) is 9.82. The molecule has 0 aliphatic rings. The van der Waals surface area contributed by atoms with E-state index in [0.717, 1.165) is 5.56 Å². The molecule has 0 unspecified atom stereocenters. The van der Waals surface area contributed by atoms with E-state index in [1.165, 1.54) is 18.2 Å². The highest BCUT2D eigenvalue weighted by Gasteiger charge is 1.98. The summed E-state index contributed by atoms with van der Waals surface area (Å²) in [7, 11) is 1.29. The van der Waals surface area contributed by atoms with Gasteiger partial charge < -0.3 is 9.47 Å². The van der Waals surface area contributed by atoms with Gasteiger partial charge in [0, 0.05) is 0 Å². The van der Waals surface area contributed by atoms with Gasteiger partial charge in [0.05, 0.1) is 7.11 Å². The SMILES string of the molecule is COC(=O)OC/C=C/c1cccc(C)c1C. The van der Waals surface area contributed by atoms with Crippen LogP contribution in [0.1, 0.15) is 16.7 Å². The van der Waals surface area contributed by atoms with Crippen LogP contribution in [-0.4, -0.2) is 19.9 Å². The average molecular weight is 220 g/mol. The summed E-state index contributed by atoms with van der Waals surface area (Å²) in [6.45, 7) is 4.36. The molecule has 86 valence electrons. The van der Waals surface area contributed by atoms with Crippen molar-refractivity contribution in [3.05, 3.63) is 41.0 Å². The van der Waals surface area contributed by atoms with E-state index >= 15 is 0 Å². The van der Waals surface area contributed by atoms with Crippen LogP contribution in [0.3, 0.4) is 0 Å². The molecule has 3 heteroatoms. The standard InChI is InChI=1S/C13H16O3/c1-10-6-4-7-12(11(10)2)8-5-9-16-13(14)15-3/h4-8H,9H2,1-3H3/b8-5+. The Morgan fingerprint density at radius 3 is 2.81 bits per heavy atom. The molecule has 0 saturated carbocycles. The zero-order chi connectivity index (χ0) is 12.0. The van der Waals surface area contributed by atoms with Crippen LogP contribution in [0.2, 0.25) is 0 Å². The molecule has 0 heterocycles. The van der Waals surface area contributed by atoms with Gasteiger partial charge in [-0.25, -0.2) is 4.79 Å². The highest BCUT2D eigenvalue weighted by Crippen LogP contribution is 2.13. The van der Waals surface area contributed by atoms with Gasteiger partial charge in [0.15, 0.2) is 0 Å². The van der Waals surface area contributed by atoms with E-state index in [0.29, 0.717) is 0 Å². The molecule has 1 rings (SSSR count). The first-order valence-corrected chi connectivity index (χ1v) is 5.08. The number of carbonyl (C=O) groups excluding carboxylic acids is 1. The van der Waals surface area contributed by atoms with Crippen molar-refractivity contribution in [2.75, 3.05) is 13.7 Å². The van der Waals surface area contributed by atoms with Crippen LogP contribution in [0.4, 0.5) is 4.79 Å². The number of carbonyl (C=O) groups is 1. The van der Waals surface area contributed by atoms with Gasteiger partial charge in [0.1, 0.15) is 6.61 Å². The molecule has 0 N–H and O–H groups in total. The lowest BCUT2D eigenvalue weighted by molar-refractivity contribution is 0.0819. The topological polar surface area (TPSA) is 35.5 Å². The normalized spacial score (nSPS) is 10.4. The molecule has 0 radical (unpaired) electrons. The van der Waals surface area contributed by atoms with E-state index < -0.39 is 6.16 Å². The number of aryl methyl sites for hydroxylation is 1. The van der Waals surface area contributed by atoms with Crippen LogP contribution in [0.5, 0.6) is 0 Å². The van der Waals surface area contributed by atoms with Gasteiger partial charge in [-0.15, -0.1) is 0 Å². The second-order valence-electron chi connectivity index (χ2n) is 3.46. The number of ether oxygens (including phenoxy) is 2. The maximum atomic E-state index is 10.7. The lowest BCUT2D eigenvalue weighted by Crippen LogP contribution is -2.03. The molecule has 0 atom stereocenters. The first kappa shape index (κ1) is 12.3. The van der Waals surface area contributed by atoms with Crippen LogP contribution in [0.15, 0.2) is 24.3 Å². The molecule has 0 fully saturated rings. The summed E-state index contributed by atoms with van der Waals surface area (Å²) in [5.41, 5.74) is 3.61. The Labute approximate surface area is 95.7 Å². The van der Waals surface area contributed by atoms with Crippen molar-refractivity contribution >= 4 is 12.2 Å². The van der Waals surface area contributed by atoms with Crippen molar-refractivity contribution in [2.24, 2.45) is 0 Å². The smallest absolute Gasteiger partial charge is 0.438 e. The summed E-state index contributed by atoms with van der Waals surface area (Å²) >= 11 is 0. The summed E-state index contributed by atoms with van der Waals surface area (Å²) in [5.74, 6) is 0. The Balaban J connectivity index is 2.56. The van der Waals surface area contributed by atoms with Crippen molar-refractivity contribution in [3.63, 3.8) is 0 Å². The van der Waals surface area contributed by atoms with Gasteiger partial charge >= 0.3 is 6.16 Å². The van der Waals surface area contributed by atoms with E-state index in [9.17, 15) is 4.79 Å². The Kier molecular flexibility index (Phi) is 4.58. The van der Waals surface area contributed by atoms with Gasteiger partial charge in [-0.1, -0.05) is 24.3 Å². The number of hydrogen-bond donors (Lipinski definition) is 0. The maximum Gasteiger partial charge on any atom is 0.508 e. The van der Waals surface area contributed by atoms with E-state index in [2.05, 4.69) is 24.7 Å². The van der Waals surface area contributed by atoms with E-state index in [-0.39, 0.29) is 6.61 Å². The predicted molar refractivity (Wildman–Crippen MR) is 63.3 cm³/mol. The first-order valence-electron chi connectivity index (χ1n) is 5.08. The molecule has 0 amide bonds. The van der Waals surface area contributed by atoms with Crippen molar-refractivity contribution in [3.8, 4) is 0 Å². The summed E-state index contributed by atoms with van der Waals surface area (Å²) in [5, 5.41) is 0. The van der Waals surface area contributed by atoms with E-state index in [4.69, 9.17) is 4.74 Å². The third kappa shape index (κ3) is 3.42. The predicted octanol–water partition coefficient (Wildman–Crippen LogP) is 3.10. The van der Waals surface area contributed by atoms with Gasteiger partial charge in [-0.05, 0) is 36.6 Å². The van der Waals surface area contributed by atoms with Gasteiger partial charge in [-0.2, -0.15) is 0 Å². The third-order valence-corrected chi connectivity index (χ3v) is 2.41. The highest BCUT2D eigenvalue weighted by atomic mass is 16.7. The molecule has 0 aromatic heterocycles. The molecule has 1 aromatic carbocycles. The minimum Gasteiger partial charge on any atom is -0.438 e. The Hall–Kier alpha value is -1.77. The Morgan fingerprint density at radius 1 is 1.38 bits per heavy atom. The maximum absolute atomic E-state index is 10.7. The summed E-state index contributed by atoms with van der Waals surface area (Å²) in [6, 6.07) is 6.10. The van der Waals surface area contributed by atoms with Crippen molar-refractivity contribution < 1.29 is 14.3 Å². The molecular formula is C13H16O3. The largest absolute Gasteiger partial charge is 0.508 e. The second kappa shape index (κ2) is 5.95. The van der Waals surface area contributed by atoms with Gasteiger partial charge in [0.25, 0.3) is 0 Å². The molecule has 0 spiro atoms. The number of benzene rings is 1. The minimum absolute atomic E-state index is 0.222. The third-order valence-electron chi connectivity index (χ3n) is 2.41. The van der Waals surface area contributed by atoms with Gasteiger partial charge in [-0.3, -0.25) is 0 Å². The lowest BCUT2D eigenvalue weighted by atomic mass is 10.0. The lowest BCUT2D eigenvalue weighted by Gasteiger charge is -2.03. The van der Waals surface area contributed by atoms with Crippen LogP contribution >= 0.6 is 0 Å². The zero-order valence-electron chi connectivity index (χ0n) is 9.82.